The quantitative estimate of drug-likeness (QED) is 0.373. The summed E-state index contributed by atoms with van der Waals surface area (Å²) in [5.41, 5.74) is 3.07. The molecule has 2 atom stereocenters. The molecule has 0 spiro atoms. The van der Waals surface area contributed by atoms with Gasteiger partial charge < -0.3 is 20.3 Å². The average molecular weight is 470 g/mol. The number of hydrogen-bond acceptors (Lipinski definition) is 5. The number of aromatic hydroxyl groups is 1. The lowest BCUT2D eigenvalue weighted by Gasteiger charge is -2.24. The lowest BCUT2D eigenvalue weighted by Crippen LogP contribution is -2.15. The number of rotatable bonds is 8. The van der Waals surface area contributed by atoms with Crippen molar-refractivity contribution in [1.82, 2.24) is 0 Å². The van der Waals surface area contributed by atoms with Crippen LogP contribution in [-0.4, -0.2) is 22.8 Å². The Labute approximate surface area is 184 Å². The van der Waals surface area contributed by atoms with E-state index in [2.05, 4.69) is 21.2 Å². The van der Waals surface area contributed by atoms with Crippen molar-refractivity contribution in [3.63, 3.8) is 0 Å². The number of carbonyl (C=O) groups excluding carboxylic acids is 1. The predicted molar refractivity (Wildman–Crippen MR) is 121 cm³/mol. The molecular formula is C24H24BrNO4. The van der Waals surface area contributed by atoms with Gasteiger partial charge in [0.2, 0.25) is 0 Å². The number of ether oxygens (including phenoxy) is 1. The molecule has 0 aliphatic heterocycles. The minimum Gasteiger partial charge on any atom is -0.508 e. The third-order valence-corrected chi connectivity index (χ3v) is 5.27. The van der Waals surface area contributed by atoms with Crippen LogP contribution in [0.2, 0.25) is 0 Å². The number of anilines is 1. The van der Waals surface area contributed by atoms with E-state index in [1.807, 2.05) is 36.4 Å². The smallest absolute Gasteiger partial charge is 0.338 e. The fourth-order valence-electron chi connectivity index (χ4n) is 3.15. The number of benzene rings is 3. The molecule has 156 valence electrons. The van der Waals surface area contributed by atoms with Crippen molar-refractivity contribution in [2.75, 3.05) is 11.9 Å². The van der Waals surface area contributed by atoms with Crippen molar-refractivity contribution in [1.29, 1.82) is 0 Å². The minimum absolute atomic E-state index is 0.162. The van der Waals surface area contributed by atoms with E-state index in [0.29, 0.717) is 18.6 Å². The summed E-state index contributed by atoms with van der Waals surface area (Å²) in [6.45, 7) is 2.11. The molecule has 3 aromatic rings. The molecule has 2 unspecified atom stereocenters. The SMILES string of the molecule is CCOC(=O)c1ccc(NC(CC(O)c2ccc(O)cc2)c2ccc(Br)cc2)cc1. The maximum Gasteiger partial charge on any atom is 0.338 e. The molecule has 0 aliphatic rings. The normalized spacial score (nSPS) is 12.8. The van der Waals surface area contributed by atoms with E-state index in [0.717, 1.165) is 21.3 Å². The number of aliphatic hydroxyl groups excluding tert-OH is 1. The zero-order valence-corrected chi connectivity index (χ0v) is 18.2. The van der Waals surface area contributed by atoms with Crippen LogP contribution in [0.3, 0.4) is 0 Å². The second-order valence-electron chi connectivity index (χ2n) is 6.89. The molecular weight excluding hydrogens is 446 g/mol. The Bertz CT molecular complexity index is 956. The number of esters is 1. The van der Waals surface area contributed by atoms with Gasteiger partial charge in [-0.3, -0.25) is 0 Å². The van der Waals surface area contributed by atoms with Gasteiger partial charge in [0.25, 0.3) is 0 Å². The van der Waals surface area contributed by atoms with E-state index >= 15 is 0 Å². The van der Waals surface area contributed by atoms with E-state index < -0.39 is 6.10 Å². The van der Waals surface area contributed by atoms with Crippen molar-refractivity contribution < 1.29 is 19.7 Å². The third-order valence-electron chi connectivity index (χ3n) is 4.75. The highest BCUT2D eigenvalue weighted by Crippen LogP contribution is 2.31. The van der Waals surface area contributed by atoms with Crippen LogP contribution in [0.4, 0.5) is 5.69 Å². The molecule has 3 N–H and O–H groups in total. The van der Waals surface area contributed by atoms with Crippen LogP contribution in [0, 0.1) is 0 Å². The number of halogens is 1. The third kappa shape index (κ3) is 5.84. The molecule has 0 aliphatic carbocycles. The highest BCUT2D eigenvalue weighted by molar-refractivity contribution is 9.10. The topological polar surface area (TPSA) is 78.8 Å². The summed E-state index contributed by atoms with van der Waals surface area (Å²) in [6, 6.07) is 21.4. The summed E-state index contributed by atoms with van der Waals surface area (Å²) in [7, 11) is 0. The van der Waals surface area contributed by atoms with Gasteiger partial charge in [0.1, 0.15) is 5.75 Å². The van der Waals surface area contributed by atoms with Crippen molar-refractivity contribution in [2.24, 2.45) is 0 Å². The van der Waals surface area contributed by atoms with Crippen molar-refractivity contribution in [3.8, 4) is 5.75 Å². The van der Waals surface area contributed by atoms with E-state index in [4.69, 9.17) is 4.74 Å². The molecule has 0 amide bonds. The van der Waals surface area contributed by atoms with E-state index in [-0.39, 0.29) is 17.8 Å². The Morgan fingerprint density at radius 3 is 2.17 bits per heavy atom. The minimum atomic E-state index is -0.717. The van der Waals surface area contributed by atoms with Crippen LogP contribution >= 0.6 is 15.9 Å². The van der Waals surface area contributed by atoms with Gasteiger partial charge in [-0.2, -0.15) is 0 Å². The van der Waals surface area contributed by atoms with Gasteiger partial charge in [0, 0.05) is 16.6 Å². The first-order valence-electron chi connectivity index (χ1n) is 9.72. The summed E-state index contributed by atoms with van der Waals surface area (Å²) in [4.78, 5) is 11.9. The fraction of sp³-hybridized carbons (Fsp3) is 0.208. The number of phenols is 1. The van der Waals surface area contributed by atoms with Crippen molar-refractivity contribution in [3.05, 3.63) is 94.0 Å². The van der Waals surface area contributed by atoms with E-state index in [1.165, 1.54) is 0 Å². The van der Waals surface area contributed by atoms with Gasteiger partial charge in [-0.1, -0.05) is 40.2 Å². The van der Waals surface area contributed by atoms with Gasteiger partial charge in [-0.05, 0) is 66.6 Å². The Hall–Kier alpha value is -2.83. The van der Waals surface area contributed by atoms with Crippen LogP contribution in [-0.2, 0) is 4.74 Å². The summed E-state index contributed by atoms with van der Waals surface area (Å²) in [6.07, 6.45) is -0.294. The molecule has 0 heterocycles. The lowest BCUT2D eigenvalue weighted by atomic mass is 9.96. The standard InChI is InChI=1S/C24H24BrNO4/c1-2-30-24(29)18-5-11-20(12-6-18)26-22(16-3-9-19(25)10-4-16)15-23(28)17-7-13-21(27)14-8-17/h3-14,22-23,26-28H,2,15H2,1H3. The summed E-state index contributed by atoms with van der Waals surface area (Å²) < 4.78 is 6.00. The molecule has 30 heavy (non-hydrogen) atoms. The first-order chi connectivity index (χ1) is 14.5. The largest absolute Gasteiger partial charge is 0.508 e. The van der Waals surface area contributed by atoms with Crippen molar-refractivity contribution in [2.45, 2.75) is 25.5 Å². The summed E-state index contributed by atoms with van der Waals surface area (Å²) >= 11 is 3.45. The number of aliphatic hydroxyl groups is 1. The first kappa shape index (κ1) is 21.9. The highest BCUT2D eigenvalue weighted by Gasteiger charge is 2.18. The highest BCUT2D eigenvalue weighted by atomic mass is 79.9. The Morgan fingerprint density at radius 1 is 0.967 bits per heavy atom. The lowest BCUT2D eigenvalue weighted by molar-refractivity contribution is 0.0526. The van der Waals surface area contributed by atoms with Crippen LogP contribution in [0.5, 0.6) is 5.75 Å². The molecule has 3 aromatic carbocycles. The number of nitrogens with one attached hydrogen (secondary N) is 1. The molecule has 5 nitrogen and oxygen atoms in total. The van der Waals surface area contributed by atoms with Gasteiger partial charge in [0.05, 0.1) is 24.3 Å². The monoisotopic (exact) mass is 469 g/mol. The maximum absolute atomic E-state index is 11.9. The van der Waals surface area contributed by atoms with Crippen LogP contribution < -0.4 is 5.32 Å². The summed E-state index contributed by atoms with van der Waals surface area (Å²) in [5, 5.41) is 23.7. The second kappa shape index (κ2) is 10.3. The Balaban J connectivity index is 1.80. The summed E-state index contributed by atoms with van der Waals surface area (Å²) in [5.74, 6) is -0.188. The molecule has 0 fully saturated rings. The van der Waals surface area contributed by atoms with Crippen molar-refractivity contribution >= 4 is 27.6 Å². The number of carbonyl (C=O) groups is 1. The Kier molecular flexibility index (Phi) is 7.49. The molecule has 0 saturated heterocycles. The number of hydrogen-bond donors (Lipinski definition) is 3. The van der Waals surface area contributed by atoms with Crippen LogP contribution in [0.25, 0.3) is 0 Å². The zero-order chi connectivity index (χ0) is 21.5. The molecule has 3 rings (SSSR count). The van der Waals surface area contributed by atoms with E-state index in [1.54, 1.807) is 43.3 Å². The zero-order valence-electron chi connectivity index (χ0n) is 16.6. The van der Waals surface area contributed by atoms with Crippen LogP contribution in [0.1, 0.15) is 47.0 Å². The fourth-order valence-corrected chi connectivity index (χ4v) is 3.41. The molecule has 6 heteroatoms. The maximum atomic E-state index is 11.9. The van der Waals surface area contributed by atoms with Gasteiger partial charge in [0.15, 0.2) is 0 Å². The van der Waals surface area contributed by atoms with Crippen LogP contribution in [0.15, 0.2) is 77.3 Å². The number of phenolic OH excluding ortho intramolecular Hbond substituents is 1. The molecule has 0 saturated carbocycles. The molecule has 0 aromatic heterocycles. The van der Waals surface area contributed by atoms with Gasteiger partial charge in [-0.15, -0.1) is 0 Å². The van der Waals surface area contributed by atoms with Gasteiger partial charge in [-0.25, -0.2) is 4.79 Å². The molecule has 0 bridgehead atoms. The van der Waals surface area contributed by atoms with Gasteiger partial charge >= 0.3 is 5.97 Å². The molecule has 0 radical (unpaired) electrons. The second-order valence-corrected chi connectivity index (χ2v) is 7.81. The predicted octanol–water partition coefficient (Wildman–Crippen LogP) is 5.61. The first-order valence-corrected chi connectivity index (χ1v) is 10.5. The van der Waals surface area contributed by atoms with E-state index in [9.17, 15) is 15.0 Å². The Morgan fingerprint density at radius 2 is 1.57 bits per heavy atom. The average Bonchev–Trinajstić information content (AvgIpc) is 2.75.